The molecule has 3 aromatic rings. The molecule has 2 heterocycles. The van der Waals surface area contributed by atoms with Crippen LogP contribution >= 0.6 is 11.3 Å². The van der Waals surface area contributed by atoms with Crippen molar-refractivity contribution in [3.63, 3.8) is 0 Å². The van der Waals surface area contributed by atoms with E-state index in [2.05, 4.69) is 20.0 Å². The van der Waals surface area contributed by atoms with Crippen molar-refractivity contribution in [2.24, 2.45) is 0 Å². The standard InChI is InChI=1S/C19H21FN4O2S2/c1-2-6-15(24-28(25,26)18-9-4-3-8-16(18)20)12-22-19-23-17(13-27-19)14-7-5-10-21-11-14/h3-5,7-11,13,15,24H,2,6,12H2,1H3,(H,22,23). The van der Waals surface area contributed by atoms with Crippen LogP contribution < -0.4 is 10.0 Å². The number of rotatable bonds is 9. The molecular formula is C19H21FN4O2S2. The smallest absolute Gasteiger partial charge is 0.243 e. The maximum Gasteiger partial charge on any atom is 0.243 e. The molecule has 2 N–H and O–H groups in total. The summed E-state index contributed by atoms with van der Waals surface area (Å²) in [4.78, 5) is 8.25. The van der Waals surface area contributed by atoms with Crippen molar-refractivity contribution in [1.29, 1.82) is 0 Å². The van der Waals surface area contributed by atoms with Crippen LogP contribution in [-0.4, -0.2) is 31.0 Å². The zero-order chi connectivity index (χ0) is 20.0. The number of nitrogens with zero attached hydrogens (tertiary/aromatic N) is 2. The van der Waals surface area contributed by atoms with E-state index in [0.717, 1.165) is 23.7 Å². The molecule has 3 rings (SSSR count). The number of anilines is 1. The number of hydrogen-bond donors (Lipinski definition) is 2. The third-order valence-corrected chi connectivity index (χ3v) is 6.40. The highest BCUT2D eigenvalue weighted by atomic mass is 32.2. The highest BCUT2D eigenvalue weighted by molar-refractivity contribution is 7.89. The van der Waals surface area contributed by atoms with Gasteiger partial charge in [-0.2, -0.15) is 0 Å². The second-order valence-electron chi connectivity index (χ2n) is 6.20. The molecule has 9 heteroatoms. The molecule has 1 aromatic carbocycles. The molecule has 148 valence electrons. The Bertz CT molecular complexity index is 1010. The molecule has 0 radical (unpaired) electrons. The molecule has 0 amide bonds. The van der Waals surface area contributed by atoms with Gasteiger partial charge in [0.05, 0.1) is 5.69 Å². The van der Waals surface area contributed by atoms with E-state index in [-0.39, 0.29) is 10.9 Å². The van der Waals surface area contributed by atoms with Crippen molar-refractivity contribution in [3.8, 4) is 11.3 Å². The van der Waals surface area contributed by atoms with Gasteiger partial charge in [-0.1, -0.05) is 25.5 Å². The summed E-state index contributed by atoms with van der Waals surface area (Å²) in [6, 6.07) is 8.74. The monoisotopic (exact) mass is 420 g/mol. The largest absolute Gasteiger partial charge is 0.360 e. The summed E-state index contributed by atoms with van der Waals surface area (Å²) in [6.45, 7) is 2.32. The Morgan fingerprint density at radius 2 is 2.04 bits per heavy atom. The van der Waals surface area contributed by atoms with Gasteiger partial charge in [0.2, 0.25) is 10.0 Å². The molecule has 6 nitrogen and oxygen atoms in total. The molecule has 0 bridgehead atoms. The van der Waals surface area contributed by atoms with Gasteiger partial charge in [-0.25, -0.2) is 22.5 Å². The second-order valence-corrected chi connectivity index (χ2v) is 8.74. The number of thiazole rings is 1. The summed E-state index contributed by atoms with van der Waals surface area (Å²) in [5, 5.41) is 5.77. The van der Waals surface area contributed by atoms with Crippen LogP contribution in [0.5, 0.6) is 0 Å². The minimum absolute atomic E-state index is 0.343. The minimum Gasteiger partial charge on any atom is -0.360 e. The molecule has 0 fully saturated rings. The van der Waals surface area contributed by atoms with E-state index < -0.39 is 15.8 Å². The SMILES string of the molecule is CCCC(CNc1nc(-c2cccnc2)cs1)NS(=O)(=O)c1ccccc1F. The van der Waals surface area contributed by atoms with Crippen LogP contribution in [0.4, 0.5) is 9.52 Å². The van der Waals surface area contributed by atoms with Gasteiger partial charge < -0.3 is 5.32 Å². The van der Waals surface area contributed by atoms with E-state index in [1.165, 1.54) is 29.5 Å². The van der Waals surface area contributed by atoms with Crippen molar-refractivity contribution in [3.05, 3.63) is 60.0 Å². The van der Waals surface area contributed by atoms with Gasteiger partial charge in [0.25, 0.3) is 0 Å². The Morgan fingerprint density at radius 1 is 1.21 bits per heavy atom. The summed E-state index contributed by atoms with van der Waals surface area (Å²) < 4.78 is 41.6. The lowest BCUT2D eigenvalue weighted by Gasteiger charge is -2.18. The predicted molar refractivity (Wildman–Crippen MR) is 109 cm³/mol. The summed E-state index contributed by atoms with van der Waals surface area (Å²) in [7, 11) is -3.94. The average Bonchev–Trinajstić information content (AvgIpc) is 3.16. The molecule has 0 aliphatic carbocycles. The fraction of sp³-hybridized carbons (Fsp3) is 0.263. The highest BCUT2D eigenvalue weighted by Gasteiger charge is 2.22. The molecule has 0 saturated heterocycles. The molecule has 0 aliphatic rings. The van der Waals surface area contributed by atoms with Gasteiger partial charge in [-0.05, 0) is 30.7 Å². The van der Waals surface area contributed by atoms with Crippen molar-refractivity contribution in [2.75, 3.05) is 11.9 Å². The molecular weight excluding hydrogens is 399 g/mol. The number of halogens is 1. The first-order chi connectivity index (χ1) is 13.5. The van der Waals surface area contributed by atoms with E-state index in [1.54, 1.807) is 12.4 Å². The average molecular weight is 421 g/mol. The number of sulfonamides is 1. The molecule has 28 heavy (non-hydrogen) atoms. The Labute approximate surface area is 167 Å². The van der Waals surface area contributed by atoms with Crippen LogP contribution in [0.2, 0.25) is 0 Å². The van der Waals surface area contributed by atoms with E-state index in [0.29, 0.717) is 18.1 Å². The van der Waals surface area contributed by atoms with Crippen LogP contribution in [0, 0.1) is 5.82 Å². The summed E-state index contributed by atoms with van der Waals surface area (Å²) in [6.07, 6.45) is 4.83. The predicted octanol–water partition coefficient (Wildman–Crippen LogP) is 3.90. The van der Waals surface area contributed by atoms with Gasteiger partial charge in [0.1, 0.15) is 10.7 Å². The van der Waals surface area contributed by atoms with Crippen LogP contribution in [0.15, 0.2) is 59.1 Å². The lowest BCUT2D eigenvalue weighted by molar-refractivity contribution is 0.523. The number of benzene rings is 1. The summed E-state index contributed by atoms with van der Waals surface area (Å²) >= 11 is 1.43. The van der Waals surface area contributed by atoms with Crippen molar-refractivity contribution < 1.29 is 12.8 Å². The zero-order valence-electron chi connectivity index (χ0n) is 15.3. The van der Waals surface area contributed by atoms with Crippen molar-refractivity contribution >= 4 is 26.5 Å². The van der Waals surface area contributed by atoms with Crippen LogP contribution in [0.1, 0.15) is 19.8 Å². The van der Waals surface area contributed by atoms with Gasteiger partial charge >= 0.3 is 0 Å². The topological polar surface area (TPSA) is 84.0 Å². The van der Waals surface area contributed by atoms with Crippen molar-refractivity contribution in [2.45, 2.75) is 30.7 Å². The maximum absolute atomic E-state index is 13.9. The van der Waals surface area contributed by atoms with E-state index >= 15 is 0 Å². The second kappa shape index (κ2) is 9.22. The molecule has 2 aromatic heterocycles. The van der Waals surface area contributed by atoms with E-state index in [1.807, 2.05) is 24.4 Å². The number of nitrogens with one attached hydrogen (secondary N) is 2. The van der Waals surface area contributed by atoms with E-state index in [4.69, 9.17) is 0 Å². The van der Waals surface area contributed by atoms with Crippen LogP contribution in [0.3, 0.4) is 0 Å². The molecule has 1 unspecified atom stereocenters. The first kappa shape index (κ1) is 20.4. The Morgan fingerprint density at radius 3 is 2.75 bits per heavy atom. The van der Waals surface area contributed by atoms with E-state index in [9.17, 15) is 12.8 Å². The normalized spacial score (nSPS) is 12.6. The number of pyridine rings is 1. The number of hydrogen-bond acceptors (Lipinski definition) is 6. The minimum atomic E-state index is -3.94. The van der Waals surface area contributed by atoms with Crippen LogP contribution in [0.25, 0.3) is 11.3 Å². The Kier molecular flexibility index (Phi) is 6.71. The zero-order valence-corrected chi connectivity index (χ0v) is 16.9. The Hall–Kier alpha value is -2.36. The van der Waals surface area contributed by atoms with Gasteiger partial charge in [0.15, 0.2) is 5.13 Å². The highest BCUT2D eigenvalue weighted by Crippen LogP contribution is 2.24. The number of aromatic nitrogens is 2. The maximum atomic E-state index is 13.9. The lowest BCUT2D eigenvalue weighted by Crippen LogP contribution is -2.39. The molecule has 1 atom stereocenters. The lowest BCUT2D eigenvalue weighted by atomic mass is 10.2. The Balaban J connectivity index is 1.67. The fourth-order valence-corrected chi connectivity index (χ4v) is 4.79. The third kappa shape index (κ3) is 5.12. The first-order valence-electron chi connectivity index (χ1n) is 8.86. The van der Waals surface area contributed by atoms with Crippen LogP contribution in [-0.2, 0) is 10.0 Å². The summed E-state index contributed by atoms with van der Waals surface area (Å²) in [5.74, 6) is -0.765. The third-order valence-electron chi connectivity index (χ3n) is 4.05. The van der Waals surface area contributed by atoms with Crippen molar-refractivity contribution in [1.82, 2.24) is 14.7 Å². The fourth-order valence-electron chi connectivity index (χ4n) is 2.71. The summed E-state index contributed by atoms with van der Waals surface area (Å²) in [5.41, 5.74) is 1.72. The quantitative estimate of drug-likeness (QED) is 0.548. The molecule has 0 aliphatic heterocycles. The first-order valence-corrected chi connectivity index (χ1v) is 11.2. The van der Waals surface area contributed by atoms with Gasteiger partial charge in [0, 0.05) is 35.9 Å². The molecule has 0 spiro atoms. The van der Waals surface area contributed by atoms with Gasteiger partial charge in [-0.15, -0.1) is 11.3 Å². The molecule has 0 saturated carbocycles. The van der Waals surface area contributed by atoms with Gasteiger partial charge in [-0.3, -0.25) is 4.98 Å².